The van der Waals surface area contributed by atoms with Crippen molar-refractivity contribution in [2.45, 2.75) is 43.0 Å². The molecule has 0 radical (unpaired) electrons. The molecular formula is C31H35Cl2N7O4S. The zero-order valence-corrected chi connectivity index (χ0v) is 26.7. The first-order valence-corrected chi connectivity index (χ1v) is 16.2. The van der Waals surface area contributed by atoms with Crippen LogP contribution in [0.25, 0.3) is 22.5 Å². The Labute approximate surface area is 273 Å². The Hall–Kier alpha value is -3.81. The third kappa shape index (κ3) is 8.89. The van der Waals surface area contributed by atoms with Crippen molar-refractivity contribution in [2.24, 2.45) is 22.7 Å². The lowest BCUT2D eigenvalue weighted by Crippen LogP contribution is -2.48. The number of primary sulfonamides is 1. The maximum Gasteiger partial charge on any atom is 0.247 e. The van der Waals surface area contributed by atoms with E-state index in [-0.39, 0.29) is 46.7 Å². The number of rotatable bonds is 10. The third-order valence-corrected chi connectivity index (χ3v) is 9.08. The van der Waals surface area contributed by atoms with E-state index in [0.717, 1.165) is 47.9 Å². The molecule has 0 unspecified atom stereocenters. The number of carbonyl (C=O) groups is 2. The summed E-state index contributed by atoms with van der Waals surface area (Å²) in [6.45, 7) is 0.619. The van der Waals surface area contributed by atoms with Crippen LogP contribution in [0.5, 0.6) is 0 Å². The molecule has 0 saturated heterocycles. The number of aromatic amines is 1. The van der Waals surface area contributed by atoms with E-state index >= 15 is 0 Å². The average Bonchev–Trinajstić information content (AvgIpc) is 3.47. The van der Waals surface area contributed by atoms with E-state index in [9.17, 15) is 18.0 Å². The van der Waals surface area contributed by atoms with Gasteiger partial charge in [0.15, 0.2) is 5.82 Å². The quantitative estimate of drug-likeness (QED) is 0.166. The second-order valence-electron chi connectivity index (χ2n) is 11.0. The number of hydrogen-bond donors (Lipinski definition) is 5. The van der Waals surface area contributed by atoms with Crippen LogP contribution in [0, 0.1) is 11.8 Å². The summed E-state index contributed by atoms with van der Waals surface area (Å²) in [5, 5.41) is 19.0. The fourth-order valence-corrected chi connectivity index (χ4v) is 6.02. The molecule has 238 valence electrons. The van der Waals surface area contributed by atoms with E-state index in [0.29, 0.717) is 24.0 Å². The summed E-state index contributed by atoms with van der Waals surface area (Å²) in [6.07, 6.45) is 3.55. The molecule has 1 aliphatic carbocycles. The van der Waals surface area contributed by atoms with Gasteiger partial charge in [-0.3, -0.25) is 9.59 Å². The van der Waals surface area contributed by atoms with Crippen LogP contribution in [0.15, 0.2) is 77.7 Å². The lowest BCUT2D eigenvalue weighted by Gasteiger charge is -2.28. The number of sulfonamides is 1. The number of aromatic nitrogens is 3. The molecule has 3 aromatic carbocycles. The second kappa shape index (κ2) is 15.0. The summed E-state index contributed by atoms with van der Waals surface area (Å²) in [6, 6.07) is 20.1. The zero-order chi connectivity index (χ0) is 31.3. The lowest BCUT2D eigenvalue weighted by atomic mass is 9.81. The van der Waals surface area contributed by atoms with E-state index in [4.69, 9.17) is 22.5 Å². The molecule has 14 heteroatoms. The molecule has 11 nitrogen and oxygen atoms in total. The number of H-pyrrole nitrogens is 1. The molecule has 0 bridgehead atoms. The maximum absolute atomic E-state index is 13.5. The minimum atomic E-state index is -3.78. The molecular weight excluding hydrogens is 637 g/mol. The van der Waals surface area contributed by atoms with Crippen molar-refractivity contribution in [2.75, 3.05) is 11.9 Å². The van der Waals surface area contributed by atoms with Crippen molar-refractivity contribution in [3.63, 3.8) is 0 Å². The minimum Gasteiger partial charge on any atom is -0.344 e. The van der Waals surface area contributed by atoms with E-state index in [1.165, 1.54) is 12.1 Å². The number of nitrogens with two attached hydrogens (primary N) is 2. The molecule has 1 fully saturated rings. The number of nitrogens with one attached hydrogen (secondary N) is 3. The Morgan fingerprint density at radius 2 is 1.47 bits per heavy atom. The summed E-state index contributed by atoms with van der Waals surface area (Å²) in [5.41, 5.74) is 9.66. The smallest absolute Gasteiger partial charge is 0.247 e. The van der Waals surface area contributed by atoms with Gasteiger partial charge >= 0.3 is 0 Å². The largest absolute Gasteiger partial charge is 0.344 e. The van der Waals surface area contributed by atoms with Gasteiger partial charge in [0.25, 0.3) is 0 Å². The monoisotopic (exact) mass is 671 g/mol. The third-order valence-electron chi connectivity index (χ3n) is 7.98. The maximum atomic E-state index is 13.5. The van der Waals surface area contributed by atoms with Gasteiger partial charge in [-0.1, -0.05) is 36.4 Å². The van der Waals surface area contributed by atoms with Crippen molar-refractivity contribution in [3.05, 3.63) is 83.6 Å². The number of halogens is 2. The predicted octanol–water partition coefficient (Wildman–Crippen LogP) is 4.29. The number of amides is 2. The summed E-state index contributed by atoms with van der Waals surface area (Å²) >= 11 is 5.83. The summed E-state index contributed by atoms with van der Waals surface area (Å²) < 4.78 is 23.2. The first-order valence-electron chi connectivity index (χ1n) is 14.3. The summed E-state index contributed by atoms with van der Waals surface area (Å²) in [4.78, 5) is 29.7. The molecule has 1 aromatic heterocycles. The standard InChI is InChI=1S/C31H34ClN7O4S.ClH/c32-31-37-28(38-39-31)23-9-13-25(14-10-23)35-30(41)27(36-29(40)24-7-3-20(18-33)4-8-24)17-19-1-5-21(6-2-19)22-11-15-26(16-12-22)44(34,42)43;/h1-2,5-6,9-16,20,24,27H,3-4,7-8,17-18,33H2,(H,35,41)(H,36,40)(H2,34,42,43)(H,37,38,39);1H/t20-,24-,27-;/m0./s1. The van der Waals surface area contributed by atoms with Crippen LogP contribution in [-0.2, 0) is 26.0 Å². The van der Waals surface area contributed by atoms with Crippen LogP contribution in [0.3, 0.4) is 0 Å². The molecule has 7 N–H and O–H groups in total. The van der Waals surface area contributed by atoms with Gasteiger partial charge in [0.1, 0.15) is 6.04 Å². The first kappa shape index (κ1) is 34.1. The summed E-state index contributed by atoms with van der Waals surface area (Å²) in [5.74, 6) is 0.301. The molecule has 1 aliphatic rings. The SMILES string of the molecule is Cl.NC[C@H]1CC[C@H](C(=O)N[C@@H](Cc2ccc(-c3ccc(S(N)(=O)=O)cc3)cc2)C(=O)Nc2ccc(-c3nnc(Cl)[nH]3)cc2)CC1. The first-order chi connectivity index (χ1) is 21.1. The van der Waals surface area contributed by atoms with Gasteiger partial charge in [-0.05, 0) is 103 Å². The van der Waals surface area contributed by atoms with E-state index in [1.807, 2.05) is 24.3 Å². The van der Waals surface area contributed by atoms with Gasteiger partial charge in [-0.15, -0.1) is 22.6 Å². The van der Waals surface area contributed by atoms with Crippen LogP contribution in [-0.4, -0.2) is 48.0 Å². The Kier molecular flexibility index (Phi) is 11.3. The number of hydrogen-bond acceptors (Lipinski definition) is 7. The molecule has 0 spiro atoms. The fraction of sp³-hybridized carbons (Fsp3) is 0.290. The highest BCUT2D eigenvalue weighted by molar-refractivity contribution is 7.89. The highest BCUT2D eigenvalue weighted by atomic mass is 35.5. The normalized spacial score (nSPS) is 17.1. The molecule has 4 aromatic rings. The minimum absolute atomic E-state index is 0. The molecule has 1 saturated carbocycles. The van der Waals surface area contributed by atoms with Crippen LogP contribution >= 0.6 is 24.0 Å². The number of nitrogens with zero attached hydrogens (tertiary/aromatic N) is 2. The van der Waals surface area contributed by atoms with Crippen molar-refractivity contribution in [3.8, 4) is 22.5 Å². The predicted molar refractivity (Wildman–Crippen MR) is 176 cm³/mol. The van der Waals surface area contributed by atoms with Gasteiger partial charge in [0, 0.05) is 23.6 Å². The Morgan fingerprint density at radius 3 is 2.00 bits per heavy atom. The van der Waals surface area contributed by atoms with E-state index < -0.39 is 16.1 Å². The molecule has 2 amide bonds. The van der Waals surface area contributed by atoms with Crippen molar-refractivity contribution in [1.29, 1.82) is 0 Å². The van der Waals surface area contributed by atoms with Crippen molar-refractivity contribution >= 4 is 51.5 Å². The Bertz CT molecular complexity index is 1710. The van der Waals surface area contributed by atoms with Crippen LogP contribution in [0.4, 0.5) is 5.69 Å². The van der Waals surface area contributed by atoms with Crippen LogP contribution < -0.4 is 21.5 Å². The van der Waals surface area contributed by atoms with Gasteiger partial charge in [0.05, 0.1) is 4.90 Å². The van der Waals surface area contributed by atoms with Crippen molar-refractivity contribution in [1.82, 2.24) is 20.5 Å². The van der Waals surface area contributed by atoms with E-state index in [1.54, 1.807) is 36.4 Å². The average molecular weight is 673 g/mol. The number of benzene rings is 3. The van der Waals surface area contributed by atoms with Crippen LogP contribution in [0.2, 0.25) is 5.28 Å². The Morgan fingerprint density at radius 1 is 0.889 bits per heavy atom. The van der Waals surface area contributed by atoms with E-state index in [2.05, 4.69) is 25.8 Å². The highest BCUT2D eigenvalue weighted by Crippen LogP contribution is 2.29. The highest BCUT2D eigenvalue weighted by Gasteiger charge is 2.29. The van der Waals surface area contributed by atoms with Crippen LogP contribution in [0.1, 0.15) is 31.2 Å². The molecule has 0 aliphatic heterocycles. The number of anilines is 1. The second-order valence-corrected chi connectivity index (χ2v) is 12.9. The molecule has 1 heterocycles. The topological polar surface area (TPSA) is 186 Å². The fourth-order valence-electron chi connectivity index (χ4n) is 5.38. The van der Waals surface area contributed by atoms with Gasteiger partial charge < -0.3 is 21.4 Å². The zero-order valence-electron chi connectivity index (χ0n) is 24.3. The van der Waals surface area contributed by atoms with Gasteiger partial charge in [-0.25, -0.2) is 13.6 Å². The van der Waals surface area contributed by atoms with Gasteiger partial charge in [0.2, 0.25) is 27.1 Å². The molecule has 45 heavy (non-hydrogen) atoms. The number of carbonyl (C=O) groups excluding carboxylic acids is 2. The van der Waals surface area contributed by atoms with Crippen molar-refractivity contribution < 1.29 is 18.0 Å². The molecule has 5 rings (SSSR count). The molecule has 1 atom stereocenters. The van der Waals surface area contributed by atoms with Gasteiger partial charge in [-0.2, -0.15) is 0 Å². The lowest BCUT2D eigenvalue weighted by molar-refractivity contribution is -0.130. The Balaban J connectivity index is 0.00000461. The summed E-state index contributed by atoms with van der Waals surface area (Å²) in [7, 11) is -3.78.